The van der Waals surface area contributed by atoms with Crippen LogP contribution in [0.2, 0.25) is 0 Å². The van der Waals surface area contributed by atoms with Gasteiger partial charge in [0.15, 0.2) is 0 Å². The smallest absolute Gasteiger partial charge is 0.127 e. The molecule has 0 spiro atoms. The first-order valence-electron chi connectivity index (χ1n) is 5.31. The van der Waals surface area contributed by atoms with Gasteiger partial charge in [0.2, 0.25) is 0 Å². The van der Waals surface area contributed by atoms with Gasteiger partial charge in [-0.05, 0) is 43.4 Å². The minimum Gasteiger partial charge on any atom is -0.378 e. The van der Waals surface area contributed by atoms with Crippen molar-refractivity contribution in [2.45, 2.75) is 31.8 Å². The van der Waals surface area contributed by atoms with Crippen LogP contribution < -0.4 is 0 Å². The van der Waals surface area contributed by atoms with Gasteiger partial charge in [0.05, 0.1) is 6.10 Å². The number of benzene rings is 1. The van der Waals surface area contributed by atoms with Gasteiger partial charge in [0, 0.05) is 11.1 Å². The van der Waals surface area contributed by atoms with Crippen LogP contribution in [0.1, 0.15) is 24.8 Å². The lowest BCUT2D eigenvalue weighted by atomic mass is 10.0. The first-order valence-corrected chi connectivity index (χ1v) is 6.10. The second-order valence-corrected chi connectivity index (χ2v) is 4.83. The fraction of sp³-hybridized carbons (Fsp3) is 0.500. The van der Waals surface area contributed by atoms with Gasteiger partial charge in [-0.3, -0.25) is 0 Å². The molecule has 1 aromatic rings. The minimum absolute atomic E-state index is 0.123. The molecule has 1 aliphatic heterocycles. The van der Waals surface area contributed by atoms with E-state index in [0.717, 1.165) is 42.3 Å². The molecule has 15 heavy (non-hydrogen) atoms. The molecule has 1 saturated heterocycles. The molecule has 0 amide bonds. The van der Waals surface area contributed by atoms with Gasteiger partial charge in [0.1, 0.15) is 5.82 Å². The Kier molecular flexibility index (Phi) is 3.76. The van der Waals surface area contributed by atoms with E-state index in [4.69, 9.17) is 4.74 Å². The lowest BCUT2D eigenvalue weighted by Gasteiger charge is -2.09. The molecule has 3 heteroatoms. The number of rotatable bonds is 3. The van der Waals surface area contributed by atoms with E-state index in [-0.39, 0.29) is 5.82 Å². The monoisotopic (exact) mass is 272 g/mol. The maximum atomic E-state index is 13.5. The third kappa shape index (κ3) is 3.02. The third-order valence-corrected chi connectivity index (χ3v) is 3.27. The lowest BCUT2D eigenvalue weighted by Crippen LogP contribution is -2.06. The number of ether oxygens (including phenoxy) is 1. The Morgan fingerprint density at radius 2 is 2.33 bits per heavy atom. The van der Waals surface area contributed by atoms with Crippen LogP contribution in [0.15, 0.2) is 22.7 Å². The molecule has 0 aromatic heterocycles. The van der Waals surface area contributed by atoms with Crippen LogP contribution >= 0.6 is 15.9 Å². The zero-order valence-electron chi connectivity index (χ0n) is 8.51. The summed E-state index contributed by atoms with van der Waals surface area (Å²) in [7, 11) is 0. The first kappa shape index (κ1) is 11.1. The Bertz CT molecular complexity index is 334. The van der Waals surface area contributed by atoms with Crippen LogP contribution in [0, 0.1) is 5.82 Å². The first-order chi connectivity index (χ1) is 7.25. The Morgan fingerprint density at radius 3 is 3.00 bits per heavy atom. The van der Waals surface area contributed by atoms with Gasteiger partial charge in [-0.25, -0.2) is 4.39 Å². The highest BCUT2D eigenvalue weighted by Gasteiger charge is 2.15. The molecule has 0 aliphatic carbocycles. The quantitative estimate of drug-likeness (QED) is 0.816. The molecule has 1 aromatic carbocycles. The Hall–Kier alpha value is -0.410. The molecular formula is C12H14BrFO. The number of hydrogen-bond acceptors (Lipinski definition) is 1. The maximum absolute atomic E-state index is 13.5. The van der Waals surface area contributed by atoms with E-state index in [1.54, 1.807) is 0 Å². The van der Waals surface area contributed by atoms with Crippen LogP contribution in [0.4, 0.5) is 4.39 Å². The van der Waals surface area contributed by atoms with Gasteiger partial charge in [0.25, 0.3) is 0 Å². The molecule has 0 saturated carbocycles. The van der Waals surface area contributed by atoms with E-state index in [1.165, 1.54) is 6.07 Å². The van der Waals surface area contributed by atoms with Crippen molar-refractivity contribution >= 4 is 15.9 Å². The summed E-state index contributed by atoms with van der Waals surface area (Å²) >= 11 is 3.25. The van der Waals surface area contributed by atoms with Gasteiger partial charge in [-0.1, -0.05) is 22.0 Å². The summed E-state index contributed by atoms with van der Waals surface area (Å²) < 4.78 is 19.8. The van der Waals surface area contributed by atoms with Crippen molar-refractivity contribution in [2.75, 3.05) is 6.61 Å². The molecule has 1 fully saturated rings. The van der Waals surface area contributed by atoms with Crippen molar-refractivity contribution in [3.05, 3.63) is 34.1 Å². The molecular weight excluding hydrogens is 259 g/mol. The summed E-state index contributed by atoms with van der Waals surface area (Å²) in [6, 6.07) is 5.24. The van der Waals surface area contributed by atoms with Crippen molar-refractivity contribution in [3.8, 4) is 0 Å². The number of hydrogen-bond donors (Lipinski definition) is 0. The van der Waals surface area contributed by atoms with Crippen LogP contribution in [-0.4, -0.2) is 12.7 Å². The topological polar surface area (TPSA) is 9.23 Å². The van der Waals surface area contributed by atoms with Crippen molar-refractivity contribution in [1.29, 1.82) is 0 Å². The average Bonchev–Trinajstić information content (AvgIpc) is 2.69. The summed E-state index contributed by atoms with van der Waals surface area (Å²) in [4.78, 5) is 0. The van der Waals surface area contributed by atoms with Crippen LogP contribution in [0.3, 0.4) is 0 Å². The second kappa shape index (κ2) is 5.08. The second-order valence-electron chi connectivity index (χ2n) is 3.91. The van der Waals surface area contributed by atoms with E-state index in [1.807, 2.05) is 12.1 Å². The normalized spacial score (nSPS) is 20.8. The predicted octanol–water partition coefficient (Wildman–Crippen LogP) is 3.70. The molecule has 82 valence electrons. The number of halogens is 2. The third-order valence-electron chi connectivity index (χ3n) is 2.77. The van der Waals surface area contributed by atoms with E-state index < -0.39 is 0 Å². The molecule has 0 N–H and O–H groups in total. The van der Waals surface area contributed by atoms with E-state index in [0.29, 0.717) is 6.10 Å². The van der Waals surface area contributed by atoms with Crippen molar-refractivity contribution in [2.24, 2.45) is 0 Å². The summed E-state index contributed by atoms with van der Waals surface area (Å²) in [6.07, 6.45) is 4.31. The SMILES string of the molecule is Fc1cc(Br)ccc1CCC1CCCO1. The van der Waals surface area contributed by atoms with Gasteiger partial charge in [-0.2, -0.15) is 0 Å². The average molecular weight is 273 g/mol. The predicted molar refractivity (Wildman–Crippen MR) is 61.4 cm³/mol. The summed E-state index contributed by atoms with van der Waals surface area (Å²) in [5.41, 5.74) is 0.786. The van der Waals surface area contributed by atoms with Crippen LogP contribution in [-0.2, 0) is 11.2 Å². The highest BCUT2D eigenvalue weighted by molar-refractivity contribution is 9.10. The summed E-state index contributed by atoms with van der Waals surface area (Å²) in [6.45, 7) is 0.869. The molecule has 1 atom stereocenters. The lowest BCUT2D eigenvalue weighted by molar-refractivity contribution is 0.104. The highest BCUT2D eigenvalue weighted by atomic mass is 79.9. The van der Waals surface area contributed by atoms with E-state index >= 15 is 0 Å². The van der Waals surface area contributed by atoms with E-state index in [9.17, 15) is 4.39 Å². The summed E-state index contributed by atoms with van der Waals surface area (Å²) in [5.74, 6) is -0.123. The molecule has 2 rings (SSSR count). The molecule has 1 heterocycles. The van der Waals surface area contributed by atoms with Crippen molar-refractivity contribution in [3.63, 3.8) is 0 Å². The number of aryl methyl sites for hydroxylation is 1. The Morgan fingerprint density at radius 1 is 1.47 bits per heavy atom. The van der Waals surface area contributed by atoms with Gasteiger partial charge < -0.3 is 4.74 Å². The van der Waals surface area contributed by atoms with Gasteiger partial charge in [-0.15, -0.1) is 0 Å². The minimum atomic E-state index is -0.123. The highest BCUT2D eigenvalue weighted by Crippen LogP contribution is 2.20. The standard InChI is InChI=1S/C12H14BrFO/c13-10-5-3-9(12(14)8-10)4-6-11-2-1-7-15-11/h3,5,8,11H,1-2,4,6-7H2. The Balaban J connectivity index is 1.92. The van der Waals surface area contributed by atoms with Gasteiger partial charge >= 0.3 is 0 Å². The molecule has 1 aliphatic rings. The zero-order valence-corrected chi connectivity index (χ0v) is 10.1. The fourth-order valence-corrected chi connectivity index (χ4v) is 2.25. The van der Waals surface area contributed by atoms with Crippen LogP contribution in [0.25, 0.3) is 0 Å². The van der Waals surface area contributed by atoms with E-state index in [2.05, 4.69) is 15.9 Å². The molecule has 1 unspecified atom stereocenters. The van der Waals surface area contributed by atoms with Crippen molar-refractivity contribution in [1.82, 2.24) is 0 Å². The zero-order chi connectivity index (χ0) is 10.7. The molecule has 1 nitrogen and oxygen atoms in total. The maximum Gasteiger partial charge on any atom is 0.127 e. The van der Waals surface area contributed by atoms with Crippen LogP contribution in [0.5, 0.6) is 0 Å². The Labute approximate surface area is 97.8 Å². The molecule has 0 bridgehead atoms. The van der Waals surface area contributed by atoms with Crippen molar-refractivity contribution < 1.29 is 9.13 Å². The largest absolute Gasteiger partial charge is 0.378 e. The molecule has 0 radical (unpaired) electrons. The summed E-state index contributed by atoms with van der Waals surface area (Å²) in [5, 5.41) is 0. The fourth-order valence-electron chi connectivity index (χ4n) is 1.91.